The average Bonchev–Trinajstić information content (AvgIpc) is 3.68. The van der Waals surface area contributed by atoms with Gasteiger partial charge in [-0.05, 0) is 73.2 Å². The molecule has 4 aromatic rings. The Morgan fingerprint density at radius 1 is 0.975 bits per heavy atom. The van der Waals surface area contributed by atoms with Crippen LogP contribution in [0.1, 0.15) is 55.2 Å². The SMILES string of the molecule is CN(C)CCOc1cc(Cn2c(C(=O)O)c(-c3ccc(C(C)(C)C)cc3)c3ccccc32)cc(OCC2CC2)c1. The second-order valence-corrected chi connectivity index (χ2v) is 12.2. The zero-order chi connectivity index (χ0) is 28.4. The quantitative estimate of drug-likeness (QED) is 0.220. The van der Waals surface area contributed by atoms with E-state index in [0.717, 1.165) is 45.6 Å². The molecule has 0 radical (unpaired) electrons. The maximum absolute atomic E-state index is 12.9. The largest absolute Gasteiger partial charge is 0.493 e. The molecule has 0 aliphatic heterocycles. The third kappa shape index (κ3) is 6.34. The summed E-state index contributed by atoms with van der Waals surface area (Å²) in [5.41, 5.74) is 4.97. The fraction of sp³-hybridized carbons (Fsp3) is 0.382. The molecule has 210 valence electrons. The molecule has 1 N–H and O–H groups in total. The van der Waals surface area contributed by atoms with Crippen molar-refractivity contribution in [2.75, 3.05) is 33.9 Å². The van der Waals surface area contributed by atoms with Crippen molar-refractivity contribution in [2.45, 2.75) is 45.6 Å². The van der Waals surface area contributed by atoms with E-state index >= 15 is 0 Å². The Morgan fingerprint density at radius 2 is 1.65 bits per heavy atom. The third-order valence-corrected chi connectivity index (χ3v) is 7.48. The van der Waals surface area contributed by atoms with Crippen molar-refractivity contribution in [2.24, 2.45) is 5.92 Å². The van der Waals surface area contributed by atoms with E-state index in [1.54, 1.807) is 0 Å². The Morgan fingerprint density at radius 3 is 2.27 bits per heavy atom. The topological polar surface area (TPSA) is 63.9 Å². The van der Waals surface area contributed by atoms with Crippen LogP contribution in [0.5, 0.6) is 11.5 Å². The second-order valence-electron chi connectivity index (χ2n) is 12.2. The molecule has 3 aromatic carbocycles. The zero-order valence-corrected chi connectivity index (χ0v) is 24.2. The number of benzene rings is 3. The maximum Gasteiger partial charge on any atom is 0.353 e. The summed E-state index contributed by atoms with van der Waals surface area (Å²) in [5.74, 6) is 1.17. The molecule has 0 saturated heterocycles. The van der Waals surface area contributed by atoms with Crippen LogP contribution in [0.2, 0.25) is 0 Å². The van der Waals surface area contributed by atoms with Gasteiger partial charge in [0.1, 0.15) is 23.8 Å². The molecule has 1 aromatic heterocycles. The molecule has 40 heavy (non-hydrogen) atoms. The predicted molar refractivity (Wildman–Crippen MR) is 161 cm³/mol. The van der Waals surface area contributed by atoms with Crippen LogP contribution in [-0.4, -0.2) is 54.4 Å². The monoisotopic (exact) mass is 540 g/mol. The lowest BCUT2D eigenvalue weighted by molar-refractivity contribution is 0.0687. The van der Waals surface area contributed by atoms with E-state index in [9.17, 15) is 9.90 Å². The molecule has 6 heteroatoms. The summed E-state index contributed by atoms with van der Waals surface area (Å²) >= 11 is 0. The normalized spacial score (nSPS) is 13.7. The molecule has 1 heterocycles. The van der Waals surface area contributed by atoms with Gasteiger partial charge in [0, 0.05) is 35.6 Å². The predicted octanol–water partition coefficient (Wildman–Crippen LogP) is 7.08. The number of nitrogens with zero attached hydrogens (tertiary/aromatic N) is 2. The van der Waals surface area contributed by atoms with E-state index in [4.69, 9.17) is 9.47 Å². The summed E-state index contributed by atoms with van der Waals surface area (Å²) in [4.78, 5) is 14.9. The second kappa shape index (κ2) is 11.4. The Balaban J connectivity index is 1.56. The Bertz CT molecular complexity index is 1490. The molecule has 0 spiro atoms. The molecule has 0 unspecified atom stereocenters. The minimum atomic E-state index is -0.949. The van der Waals surface area contributed by atoms with Crippen LogP contribution in [0.15, 0.2) is 66.7 Å². The molecule has 6 nitrogen and oxygen atoms in total. The fourth-order valence-corrected chi connectivity index (χ4v) is 5.03. The number of ether oxygens (including phenoxy) is 2. The van der Waals surface area contributed by atoms with Crippen molar-refractivity contribution >= 4 is 16.9 Å². The van der Waals surface area contributed by atoms with Gasteiger partial charge < -0.3 is 24.0 Å². The lowest BCUT2D eigenvalue weighted by Gasteiger charge is -2.19. The van der Waals surface area contributed by atoms with Gasteiger partial charge >= 0.3 is 5.97 Å². The van der Waals surface area contributed by atoms with E-state index in [1.165, 1.54) is 18.4 Å². The van der Waals surface area contributed by atoms with E-state index in [2.05, 4.69) is 37.8 Å². The van der Waals surface area contributed by atoms with E-state index in [0.29, 0.717) is 25.7 Å². The first-order valence-corrected chi connectivity index (χ1v) is 14.1. The first-order valence-electron chi connectivity index (χ1n) is 14.1. The van der Waals surface area contributed by atoms with Crippen LogP contribution < -0.4 is 9.47 Å². The van der Waals surface area contributed by atoms with E-state index in [-0.39, 0.29) is 11.1 Å². The Hall–Kier alpha value is -3.77. The zero-order valence-electron chi connectivity index (χ0n) is 24.2. The minimum Gasteiger partial charge on any atom is -0.493 e. The molecule has 5 rings (SSSR count). The molecule has 0 amide bonds. The summed E-state index contributed by atoms with van der Waals surface area (Å²) in [6, 6.07) is 22.2. The molecule has 0 atom stereocenters. The van der Waals surface area contributed by atoms with Gasteiger partial charge in [-0.15, -0.1) is 0 Å². The number of para-hydroxylation sites is 1. The van der Waals surface area contributed by atoms with Crippen LogP contribution in [0.25, 0.3) is 22.0 Å². The molecule has 0 bridgehead atoms. The van der Waals surface area contributed by atoms with Gasteiger partial charge in [0.25, 0.3) is 0 Å². The summed E-state index contributed by atoms with van der Waals surface area (Å²) in [7, 11) is 4.03. The van der Waals surface area contributed by atoms with Crippen LogP contribution in [-0.2, 0) is 12.0 Å². The number of carboxylic acids is 1. The van der Waals surface area contributed by atoms with Gasteiger partial charge in [-0.2, -0.15) is 0 Å². The molecular weight excluding hydrogens is 500 g/mol. The van der Waals surface area contributed by atoms with Gasteiger partial charge in [0.2, 0.25) is 0 Å². The highest BCUT2D eigenvalue weighted by Crippen LogP contribution is 2.37. The number of hydrogen-bond donors (Lipinski definition) is 1. The summed E-state index contributed by atoms with van der Waals surface area (Å²) < 4.78 is 14.1. The summed E-state index contributed by atoms with van der Waals surface area (Å²) in [5, 5.41) is 11.4. The van der Waals surface area contributed by atoms with Crippen LogP contribution in [0.4, 0.5) is 0 Å². The number of aromatic carboxylic acids is 1. The highest BCUT2D eigenvalue weighted by Gasteiger charge is 2.25. The molecule has 1 saturated carbocycles. The third-order valence-electron chi connectivity index (χ3n) is 7.48. The average molecular weight is 541 g/mol. The minimum absolute atomic E-state index is 0.0150. The molecule has 1 aliphatic carbocycles. The van der Waals surface area contributed by atoms with E-state index in [1.807, 2.05) is 73.3 Å². The van der Waals surface area contributed by atoms with Crippen molar-refractivity contribution in [1.82, 2.24) is 9.47 Å². The standard InChI is InChI=1S/C34H40N2O4/c1-34(2,3)26-14-12-25(13-15-26)31-29-8-6-7-9-30(29)36(32(31)33(37)38)21-24-18-27(39-17-16-35(4)5)20-28(19-24)40-22-23-10-11-23/h6-9,12-15,18-20,23H,10-11,16-17,21-22H2,1-5H3,(H,37,38). The lowest BCUT2D eigenvalue weighted by Crippen LogP contribution is -2.19. The number of aromatic nitrogens is 1. The summed E-state index contributed by atoms with van der Waals surface area (Å²) in [6.07, 6.45) is 2.42. The molecular formula is C34H40N2O4. The van der Waals surface area contributed by atoms with Crippen LogP contribution in [0.3, 0.4) is 0 Å². The van der Waals surface area contributed by atoms with Gasteiger partial charge in [-0.1, -0.05) is 63.2 Å². The number of carbonyl (C=O) groups is 1. The van der Waals surface area contributed by atoms with Crippen molar-refractivity contribution < 1.29 is 19.4 Å². The molecule has 1 aliphatic rings. The van der Waals surface area contributed by atoms with Crippen molar-refractivity contribution in [3.63, 3.8) is 0 Å². The number of carboxylic acid groups (broad SMARTS) is 1. The van der Waals surface area contributed by atoms with Crippen molar-refractivity contribution in [1.29, 1.82) is 0 Å². The maximum atomic E-state index is 12.9. The highest BCUT2D eigenvalue weighted by atomic mass is 16.5. The lowest BCUT2D eigenvalue weighted by atomic mass is 9.86. The van der Waals surface area contributed by atoms with Crippen LogP contribution >= 0.6 is 0 Å². The number of fused-ring (bicyclic) bond motifs is 1. The number of likely N-dealkylation sites (N-methyl/N-ethyl adjacent to an activating group) is 1. The van der Waals surface area contributed by atoms with Gasteiger partial charge in [0.05, 0.1) is 6.61 Å². The van der Waals surface area contributed by atoms with Crippen molar-refractivity contribution in [3.05, 3.63) is 83.6 Å². The van der Waals surface area contributed by atoms with Crippen molar-refractivity contribution in [3.8, 4) is 22.6 Å². The summed E-state index contributed by atoms with van der Waals surface area (Å²) in [6.45, 7) is 8.97. The highest BCUT2D eigenvalue weighted by molar-refractivity contribution is 6.08. The van der Waals surface area contributed by atoms with Gasteiger partial charge in [0.15, 0.2) is 0 Å². The Labute approximate surface area is 237 Å². The first-order chi connectivity index (χ1) is 19.1. The van der Waals surface area contributed by atoms with Gasteiger partial charge in [-0.25, -0.2) is 4.79 Å². The number of rotatable bonds is 11. The van der Waals surface area contributed by atoms with E-state index < -0.39 is 5.97 Å². The van der Waals surface area contributed by atoms with Gasteiger partial charge in [-0.3, -0.25) is 0 Å². The Kier molecular flexibility index (Phi) is 7.90. The first kappa shape index (κ1) is 27.8. The molecule has 1 fully saturated rings. The number of hydrogen-bond acceptors (Lipinski definition) is 4. The smallest absolute Gasteiger partial charge is 0.353 e. The van der Waals surface area contributed by atoms with Crippen LogP contribution in [0, 0.1) is 5.92 Å². The fourth-order valence-electron chi connectivity index (χ4n) is 5.03.